The molecule has 0 spiro atoms. The van der Waals surface area contributed by atoms with E-state index < -0.39 is 10.4 Å². The molecule has 4 N–H and O–H groups in total. The van der Waals surface area contributed by atoms with Gasteiger partial charge in [-0.25, -0.2) is 0 Å². The van der Waals surface area contributed by atoms with Gasteiger partial charge in [-0.3, -0.25) is 8.42 Å². The fourth-order valence-corrected chi connectivity index (χ4v) is 1.91. The summed E-state index contributed by atoms with van der Waals surface area (Å²) in [5.74, 6) is 0. The Morgan fingerprint density at radius 2 is 0.944 bits per heavy atom. The molecule has 2 aliphatic rings. The molecule has 0 atom stereocenters. The zero-order chi connectivity index (χ0) is 13.3. The molecule has 0 aromatic rings. The molecule has 18 heavy (non-hydrogen) atoms. The van der Waals surface area contributed by atoms with E-state index >= 15 is 0 Å². The quantitative estimate of drug-likeness (QED) is 0.397. The summed E-state index contributed by atoms with van der Waals surface area (Å²) < 4.78 is 34.1. The van der Waals surface area contributed by atoms with E-state index in [1.54, 1.807) is 0 Å². The summed E-state index contributed by atoms with van der Waals surface area (Å²) in [5.41, 5.74) is 11.1. The van der Waals surface area contributed by atoms with Crippen LogP contribution in [0, 0.1) is 0 Å². The monoisotopic (exact) mass is 461 g/mol. The van der Waals surface area contributed by atoms with Gasteiger partial charge in [-0.2, -0.15) is 0 Å². The fraction of sp³-hybridized carbons (Fsp3) is 1.00. The molecule has 0 heterocycles. The van der Waals surface area contributed by atoms with E-state index in [1.807, 2.05) is 0 Å². The van der Waals surface area contributed by atoms with Crippen molar-refractivity contribution in [2.75, 3.05) is 0 Å². The summed E-state index contributed by atoms with van der Waals surface area (Å²) in [6.07, 6.45) is 10.5. The third-order valence-electron chi connectivity index (χ3n) is 2.80. The molecule has 0 radical (unpaired) electrons. The number of rotatable bonds is 0. The van der Waals surface area contributed by atoms with Crippen LogP contribution in [0.4, 0.5) is 0 Å². The summed E-state index contributed by atoms with van der Waals surface area (Å²) in [5, 5.41) is 0. The van der Waals surface area contributed by atoms with Gasteiger partial charge in [0.25, 0.3) is 0 Å². The Hall–Kier alpha value is 0.478. The van der Waals surface area contributed by atoms with E-state index in [4.69, 9.17) is 29.0 Å². The van der Waals surface area contributed by atoms with Crippen molar-refractivity contribution in [3.63, 3.8) is 0 Å². The van der Waals surface area contributed by atoms with Gasteiger partial charge in [0.05, 0.1) is 0 Å². The van der Waals surface area contributed by atoms with Crippen LogP contribution in [0.15, 0.2) is 0 Å². The molecule has 2 rings (SSSR count). The van der Waals surface area contributed by atoms with E-state index in [-0.39, 0.29) is 21.1 Å². The van der Waals surface area contributed by atoms with Crippen molar-refractivity contribution in [1.82, 2.24) is 0 Å². The molecule has 0 aromatic heterocycles. The Labute approximate surface area is 124 Å². The van der Waals surface area contributed by atoms with Gasteiger partial charge in [0.1, 0.15) is 0 Å². The van der Waals surface area contributed by atoms with Crippen LogP contribution >= 0.6 is 0 Å². The van der Waals surface area contributed by atoms with Crippen molar-refractivity contribution >= 4 is 10.4 Å². The predicted molar refractivity (Wildman–Crippen MR) is 63.4 cm³/mol. The van der Waals surface area contributed by atoms with Gasteiger partial charge in [0.15, 0.2) is 0 Å². The van der Waals surface area contributed by atoms with Gasteiger partial charge in [-0.1, -0.05) is 25.7 Å². The molecular weight excluding hydrogens is 439 g/mol. The SMILES string of the molecule is NC1CCCC1.NC1CCCC1.O=S(=O)([O-])[O-].[Pt+2]. The first kappa shape index (κ1) is 20.8. The Bertz CT molecular complexity index is 254. The molecule has 0 aliphatic heterocycles. The number of hydrogen-bond acceptors (Lipinski definition) is 6. The average molecular weight is 461 g/mol. The first-order valence-corrected chi connectivity index (χ1v) is 7.30. The molecule has 6 nitrogen and oxygen atoms in total. The van der Waals surface area contributed by atoms with Crippen molar-refractivity contribution < 1.29 is 38.6 Å². The van der Waals surface area contributed by atoms with Crippen molar-refractivity contribution in [2.24, 2.45) is 11.5 Å². The largest absolute Gasteiger partial charge is 2.00 e. The van der Waals surface area contributed by atoms with Crippen molar-refractivity contribution in [3.8, 4) is 0 Å². The van der Waals surface area contributed by atoms with Crippen LogP contribution in [0.5, 0.6) is 0 Å². The molecular formula is C10H22N2O4PtS. The summed E-state index contributed by atoms with van der Waals surface area (Å²) in [4.78, 5) is 0. The molecule has 112 valence electrons. The molecule has 0 unspecified atom stereocenters. The van der Waals surface area contributed by atoms with Crippen LogP contribution in [0.3, 0.4) is 0 Å². The molecule has 8 heteroatoms. The summed E-state index contributed by atoms with van der Waals surface area (Å²) in [6.45, 7) is 0. The molecule has 2 aliphatic carbocycles. The van der Waals surface area contributed by atoms with Crippen LogP contribution in [0.25, 0.3) is 0 Å². The van der Waals surface area contributed by atoms with E-state index in [0.717, 1.165) is 0 Å². The van der Waals surface area contributed by atoms with Crippen LogP contribution in [-0.2, 0) is 31.5 Å². The van der Waals surface area contributed by atoms with E-state index in [9.17, 15) is 0 Å². The summed E-state index contributed by atoms with van der Waals surface area (Å²) in [7, 11) is -5.17. The van der Waals surface area contributed by atoms with Crippen molar-refractivity contribution in [3.05, 3.63) is 0 Å². The second-order valence-corrected chi connectivity index (χ2v) is 5.31. The Balaban J connectivity index is 0. The Morgan fingerprint density at radius 3 is 1.00 bits per heavy atom. The maximum Gasteiger partial charge on any atom is 2.00 e. The normalized spacial score (nSPS) is 20.2. The maximum atomic E-state index is 8.52. The van der Waals surface area contributed by atoms with E-state index in [2.05, 4.69) is 0 Å². The first-order valence-electron chi connectivity index (χ1n) is 5.97. The third kappa shape index (κ3) is 18.8. The van der Waals surface area contributed by atoms with Gasteiger partial charge < -0.3 is 20.6 Å². The molecule has 2 fully saturated rings. The van der Waals surface area contributed by atoms with E-state index in [0.29, 0.717) is 12.1 Å². The minimum atomic E-state index is -5.17. The standard InChI is InChI=1S/2C5H11N.H2O4S.Pt/c2*6-5-3-1-2-4-5;1-5(2,3)4;/h2*5H,1-4,6H2;(H2,1,2,3,4);/q;;;+2/p-2. The van der Waals surface area contributed by atoms with Crippen LogP contribution < -0.4 is 11.5 Å². The third-order valence-corrected chi connectivity index (χ3v) is 2.80. The second kappa shape index (κ2) is 11.3. The molecule has 0 saturated heterocycles. The van der Waals surface area contributed by atoms with Crippen molar-refractivity contribution in [2.45, 2.75) is 63.5 Å². The minimum Gasteiger partial charge on any atom is -0.759 e. The van der Waals surface area contributed by atoms with Gasteiger partial charge in [0, 0.05) is 22.5 Å². The smallest absolute Gasteiger partial charge is 0.759 e. The number of nitrogens with two attached hydrogens (primary N) is 2. The molecule has 2 saturated carbocycles. The van der Waals surface area contributed by atoms with Crippen LogP contribution in [-0.4, -0.2) is 29.6 Å². The second-order valence-electron chi connectivity index (χ2n) is 4.50. The zero-order valence-corrected chi connectivity index (χ0v) is 13.4. The van der Waals surface area contributed by atoms with E-state index in [1.165, 1.54) is 51.4 Å². The average Bonchev–Trinajstić information content (AvgIpc) is 2.76. The topological polar surface area (TPSA) is 132 Å². The summed E-state index contributed by atoms with van der Waals surface area (Å²) in [6, 6.07) is 1.09. The predicted octanol–water partition coefficient (Wildman–Crippen LogP) is 0.435. The Morgan fingerprint density at radius 1 is 0.778 bits per heavy atom. The maximum absolute atomic E-state index is 8.52. The zero-order valence-electron chi connectivity index (χ0n) is 10.3. The van der Waals surface area contributed by atoms with Gasteiger partial charge >= 0.3 is 21.1 Å². The fourth-order valence-electron chi connectivity index (χ4n) is 1.91. The van der Waals surface area contributed by atoms with Gasteiger partial charge in [-0.05, 0) is 25.7 Å². The van der Waals surface area contributed by atoms with Crippen molar-refractivity contribution in [1.29, 1.82) is 0 Å². The van der Waals surface area contributed by atoms with Gasteiger partial charge in [0.2, 0.25) is 0 Å². The molecule has 0 amide bonds. The molecule has 0 aromatic carbocycles. The Kier molecular flexibility index (Phi) is 13.1. The number of hydrogen-bond donors (Lipinski definition) is 2. The molecule has 0 bridgehead atoms. The first-order chi connectivity index (χ1) is 7.79. The summed E-state index contributed by atoms with van der Waals surface area (Å²) >= 11 is 0. The minimum absolute atomic E-state index is 0. The van der Waals surface area contributed by atoms with Crippen LogP contribution in [0.2, 0.25) is 0 Å². The van der Waals surface area contributed by atoms with Crippen LogP contribution in [0.1, 0.15) is 51.4 Å². The van der Waals surface area contributed by atoms with Gasteiger partial charge in [-0.15, -0.1) is 0 Å².